The summed E-state index contributed by atoms with van der Waals surface area (Å²) in [6.07, 6.45) is 0. The van der Waals surface area contributed by atoms with E-state index >= 15 is 0 Å². The molecule has 5 nitrogen and oxygen atoms in total. The fraction of sp³-hybridized carbons (Fsp3) is 0. The first-order valence-electron chi connectivity index (χ1n) is 13.0. The molecule has 0 saturated carbocycles. The molecule has 2 heterocycles. The van der Waals surface area contributed by atoms with Crippen LogP contribution in [0.25, 0.3) is 60.3 Å². The van der Waals surface area contributed by atoms with Gasteiger partial charge in [0.25, 0.3) is 0 Å². The molecule has 41 heavy (non-hydrogen) atoms. The highest BCUT2D eigenvalue weighted by molar-refractivity contribution is 6.27. The summed E-state index contributed by atoms with van der Waals surface area (Å²) in [6.45, 7) is 0. The maximum Gasteiger partial charge on any atom is 0.103 e. The minimum absolute atomic E-state index is 0.0745. The SMILES string of the molecule is N#Cc1c(C#N)c(C#N)c2c(c1C#N)c1ccc3ccccc3c1c1c(-c3ccccc3)cc(-c3ccccc3)n21. The summed E-state index contributed by atoms with van der Waals surface area (Å²) in [6, 6.07) is 42.6. The molecule has 0 saturated heterocycles. The van der Waals surface area contributed by atoms with Crippen LogP contribution in [0.15, 0.2) is 103 Å². The molecule has 0 aliphatic heterocycles. The summed E-state index contributed by atoms with van der Waals surface area (Å²) >= 11 is 0. The highest BCUT2D eigenvalue weighted by Crippen LogP contribution is 2.45. The molecule has 0 aliphatic carbocycles. The lowest BCUT2D eigenvalue weighted by molar-refractivity contribution is 1.26. The molecule has 0 atom stereocenters. The highest BCUT2D eigenvalue weighted by atomic mass is 14.9. The van der Waals surface area contributed by atoms with Crippen LogP contribution in [0.4, 0.5) is 0 Å². The van der Waals surface area contributed by atoms with E-state index in [1.54, 1.807) is 0 Å². The molecule has 0 amide bonds. The Labute approximate surface area is 235 Å². The fourth-order valence-corrected chi connectivity index (χ4v) is 6.05. The number of rotatable bonds is 2. The van der Waals surface area contributed by atoms with E-state index in [1.807, 2.05) is 83.3 Å². The van der Waals surface area contributed by atoms with Crippen molar-refractivity contribution in [3.8, 4) is 46.7 Å². The first kappa shape index (κ1) is 23.7. The van der Waals surface area contributed by atoms with Crippen LogP contribution in [0.1, 0.15) is 22.3 Å². The van der Waals surface area contributed by atoms with E-state index in [1.165, 1.54) is 0 Å². The lowest BCUT2D eigenvalue weighted by atomic mass is 9.88. The number of aromatic nitrogens is 1. The second kappa shape index (κ2) is 9.11. The molecule has 0 fully saturated rings. The third-order valence-corrected chi connectivity index (χ3v) is 7.73. The average Bonchev–Trinajstić information content (AvgIpc) is 3.44. The Morgan fingerprint density at radius 2 is 1.05 bits per heavy atom. The third kappa shape index (κ3) is 3.25. The molecule has 0 spiro atoms. The number of benzene rings is 5. The zero-order valence-corrected chi connectivity index (χ0v) is 21.6. The average molecular weight is 520 g/mol. The molecular formula is C36H17N5. The number of hydrogen-bond donors (Lipinski definition) is 0. The van der Waals surface area contributed by atoms with Gasteiger partial charge in [-0.15, -0.1) is 0 Å². The van der Waals surface area contributed by atoms with Gasteiger partial charge >= 0.3 is 0 Å². The maximum atomic E-state index is 10.5. The second-order valence-electron chi connectivity index (χ2n) is 9.74. The van der Waals surface area contributed by atoms with Crippen molar-refractivity contribution in [2.75, 3.05) is 0 Å². The number of pyridine rings is 1. The summed E-state index contributed by atoms with van der Waals surface area (Å²) in [5.41, 5.74) is 4.98. The number of nitrogens with zero attached hydrogens (tertiary/aromatic N) is 5. The maximum absolute atomic E-state index is 10.5. The van der Waals surface area contributed by atoms with Gasteiger partial charge in [0, 0.05) is 16.3 Å². The first-order valence-corrected chi connectivity index (χ1v) is 13.0. The minimum atomic E-state index is -0.0885. The van der Waals surface area contributed by atoms with E-state index in [9.17, 15) is 21.0 Å². The quantitative estimate of drug-likeness (QED) is 0.215. The molecule has 5 heteroatoms. The van der Waals surface area contributed by atoms with Gasteiger partial charge in [-0.1, -0.05) is 97.1 Å². The minimum Gasteiger partial charge on any atom is -0.307 e. The third-order valence-electron chi connectivity index (χ3n) is 7.73. The van der Waals surface area contributed by atoms with Gasteiger partial charge in [0.05, 0.1) is 39.0 Å². The monoisotopic (exact) mass is 519 g/mol. The molecule has 2 aromatic heterocycles. The molecule has 7 rings (SSSR count). The Bertz CT molecular complexity index is 2390. The summed E-state index contributed by atoms with van der Waals surface area (Å²) < 4.78 is 2.02. The van der Waals surface area contributed by atoms with Crippen LogP contribution in [0.2, 0.25) is 0 Å². The summed E-state index contributed by atoms with van der Waals surface area (Å²) in [7, 11) is 0. The van der Waals surface area contributed by atoms with Gasteiger partial charge in [0.1, 0.15) is 24.3 Å². The Morgan fingerprint density at radius 1 is 0.463 bits per heavy atom. The number of fused-ring (bicyclic) bond motifs is 8. The molecule has 5 aromatic carbocycles. The summed E-state index contributed by atoms with van der Waals surface area (Å²) in [4.78, 5) is 0. The second-order valence-corrected chi connectivity index (χ2v) is 9.74. The predicted molar refractivity (Wildman–Crippen MR) is 160 cm³/mol. The molecule has 7 aromatic rings. The van der Waals surface area contributed by atoms with Crippen molar-refractivity contribution in [2.24, 2.45) is 0 Å². The molecule has 0 unspecified atom stereocenters. The summed E-state index contributed by atoms with van der Waals surface area (Å²) in [5.74, 6) is 0. The van der Waals surface area contributed by atoms with Crippen molar-refractivity contribution in [3.05, 3.63) is 125 Å². The van der Waals surface area contributed by atoms with E-state index < -0.39 is 0 Å². The Kier molecular flexibility index (Phi) is 5.27. The Hall–Kier alpha value is -6.40. The standard InChI is InChI=1S/C36H17N5/c37-18-28-29(19-38)31(21-40)36-34(30(28)20-39)26-16-15-23-11-7-8-14-25(23)33(26)35-27(22-9-3-1-4-10-22)17-32(41(35)36)24-12-5-2-6-13-24/h1-17H. The Balaban J connectivity index is 1.94. The van der Waals surface area contributed by atoms with Gasteiger partial charge in [-0.2, -0.15) is 21.0 Å². The van der Waals surface area contributed by atoms with Crippen molar-refractivity contribution in [2.45, 2.75) is 0 Å². The van der Waals surface area contributed by atoms with Gasteiger partial charge in [-0.3, -0.25) is 0 Å². The fourth-order valence-electron chi connectivity index (χ4n) is 6.05. The molecular weight excluding hydrogens is 502 g/mol. The molecule has 0 N–H and O–H groups in total. The lowest BCUT2D eigenvalue weighted by Gasteiger charge is -2.18. The van der Waals surface area contributed by atoms with Crippen molar-refractivity contribution in [1.82, 2.24) is 4.40 Å². The van der Waals surface area contributed by atoms with Crippen molar-refractivity contribution in [1.29, 1.82) is 21.0 Å². The van der Waals surface area contributed by atoms with Gasteiger partial charge in [0.15, 0.2) is 0 Å². The number of hydrogen-bond acceptors (Lipinski definition) is 4. The predicted octanol–water partition coefficient (Wildman–Crippen LogP) is 8.22. The van der Waals surface area contributed by atoms with Gasteiger partial charge in [-0.25, -0.2) is 0 Å². The van der Waals surface area contributed by atoms with E-state index in [2.05, 4.69) is 48.5 Å². The van der Waals surface area contributed by atoms with Crippen LogP contribution in [-0.2, 0) is 0 Å². The zero-order valence-electron chi connectivity index (χ0n) is 21.6. The molecule has 0 bridgehead atoms. The van der Waals surface area contributed by atoms with Crippen molar-refractivity contribution in [3.63, 3.8) is 0 Å². The van der Waals surface area contributed by atoms with E-state index in [-0.39, 0.29) is 22.3 Å². The van der Waals surface area contributed by atoms with Gasteiger partial charge < -0.3 is 4.40 Å². The van der Waals surface area contributed by atoms with Crippen molar-refractivity contribution >= 4 is 38.0 Å². The van der Waals surface area contributed by atoms with Gasteiger partial charge in [0.2, 0.25) is 0 Å². The summed E-state index contributed by atoms with van der Waals surface area (Å²) in [5, 5.41) is 45.4. The largest absolute Gasteiger partial charge is 0.307 e. The zero-order chi connectivity index (χ0) is 28.1. The normalized spacial score (nSPS) is 10.8. The van der Waals surface area contributed by atoms with E-state index in [4.69, 9.17) is 0 Å². The molecule has 186 valence electrons. The van der Waals surface area contributed by atoms with Crippen LogP contribution in [0.5, 0.6) is 0 Å². The Morgan fingerprint density at radius 3 is 1.71 bits per heavy atom. The van der Waals surface area contributed by atoms with E-state index in [0.29, 0.717) is 10.9 Å². The smallest absolute Gasteiger partial charge is 0.103 e. The molecule has 0 radical (unpaired) electrons. The van der Waals surface area contributed by atoms with Crippen molar-refractivity contribution < 1.29 is 0 Å². The lowest BCUT2D eigenvalue weighted by Crippen LogP contribution is -2.04. The molecule has 0 aliphatic rings. The topological polar surface area (TPSA) is 99.6 Å². The van der Waals surface area contributed by atoms with Crippen LogP contribution in [-0.4, -0.2) is 4.40 Å². The number of nitriles is 4. The van der Waals surface area contributed by atoms with E-state index in [0.717, 1.165) is 49.4 Å². The van der Waals surface area contributed by atoms with Gasteiger partial charge in [-0.05, 0) is 33.4 Å². The van der Waals surface area contributed by atoms with Crippen LogP contribution in [0, 0.1) is 45.3 Å². The highest BCUT2D eigenvalue weighted by Gasteiger charge is 2.27. The van der Waals surface area contributed by atoms with Crippen LogP contribution in [0.3, 0.4) is 0 Å². The van der Waals surface area contributed by atoms with Crippen LogP contribution < -0.4 is 0 Å². The first-order chi connectivity index (χ1) is 20.2. The van der Waals surface area contributed by atoms with Crippen LogP contribution >= 0.6 is 0 Å².